The molecule has 0 fully saturated rings. The van der Waals surface area contributed by atoms with Crippen molar-refractivity contribution in [2.45, 2.75) is 6.42 Å². The van der Waals surface area contributed by atoms with Crippen molar-refractivity contribution < 1.29 is 19.2 Å². The molecule has 0 bridgehead atoms. The van der Waals surface area contributed by atoms with Crippen LogP contribution in [0.25, 0.3) is 5.53 Å². The smallest absolute Gasteiger partial charge is 0.328 e. The van der Waals surface area contributed by atoms with Crippen molar-refractivity contribution in [3.05, 3.63) is 74.8 Å². The third-order valence-electron chi connectivity index (χ3n) is 3.31. The van der Waals surface area contributed by atoms with Gasteiger partial charge in [-0.3, -0.25) is 14.9 Å². The molecule has 2 rings (SSSR count). The van der Waals surface area contributed by atoms with Crippen LogP contribution < -0.4 is 4.74 Å². The molecule has 0 N–H and O–H groups in total. The minimum atomic E-state index is -0.754. The Morgan fingerprint density at radius 2 is 2.00 bits per heavy atom. The van der Waals surface area contributed by atoms with E-state index in [1.165, 1.54) is 19.2 Å². The largest absolute Gasteiger partial charge is 0.496 e. The van der Waals surface area contributed by atoms with Crippen LogP contribution in [0.1, 0.15) is 21.5 Å². The molecular formula is C16H13N3O4. The molecule has 0 aromatic heterocycles. The fraction of sp³-hybridized carbons (Fsp3) is 0.125. The van der Waals surface area contributed by atoms with Gasteiger partial charge in [-0.25, -0.2) is 0 Å². The first-order valence-electron chi connectivity index (χ1n) is 6.68. The maximum absolute atomic E-state index is 11.9. The lowest BCUT2D eigenvalue weighted by molar-refractivity contribution is -0.385. The summed E-state index contributed by atoms with van der Waals surface area (Å²) >= 11 is 0. The zero-order valence-electron chi connectivity index (χ0n) is 12.3. The van der Waals surface area contributed by atoms with Crippen LogP contribution >= 0.6 is 0 Å². The molecule has 0 unspecified atom stereocenters. The normalized spacial score (nSPS) is 9.78. The summed E-state index contributed by atoms with van der Waals surface area (Å²) in [6.07, 6.45) is 0.860. The van der Waals surface area contributed by atoms with E-state index in [1.54, 1.807) is 0 Å². The van der Waals surface area contributed by atoms with Gasteiger partial charge in [0.2, 0.25) is 0 Å². The molecule has 0 spiro atoms. The van der Waals surface area contributed by atoms with Crippen molar-refractivity contribution in [2.75, 3.05) is 7.11 Å². The van der Waals surface area contributed by atoms with E-state index in [9.17, 15) is 14.9 Å². The number of nitro groups is 1. The quantitative estimate of drug-likeness (QED) is 0.204. The molecule has 7 nitrogen and oxygen atoms in total. The Morgan fingerprint density at radius 3 is 2.57 bits per heavy atom. The third-order valence-corrected chi connectivity index (χ3v) is 3.31. The van der Waals surface area contributed by atoms with E-state index in [0.29, 0.717) is 17.5 Å². The summed E-state index contributed by atoms with van der Waals surface area (Å²) in [5, 5.41) is 11.5. The van der Waals surface area contributed by atoms with Crippen LogP contribution in [0.3, 0.4) is 0 Å². The standard InChI is InChI=1S/C16H13N3O4/c1-23-15-8-7-12(14(20)10-18-17)16(19(21)22)13(15)9-11-5-3-2-4-6-11/h2-8,10H,9H2,1H3. The van der Waals surface area contributed by atoms with Gasteiger partial charge in [0, 0.05) is 6.42 Å². The fourth-order valence-corrected chi connectivity index (χ4v) is 2.31. The topological polar surface area (TPSA) is 106 Å². The maximum Gasteiger partial charge on any atom is 0.328 e. The summed E-state index contributed by atoms with van der Waals surface area (Å²) in [7, 11) is 1.41. The number of hydrogen-bond donors (Lipinski definition) is 0. The van der Waals surface area contributed by atoms with Crippen molar-refractivity contribution >= 4 is 17.7 Å². The summed E-state index contributed by atoms with van der Waals surface area (Å²) < 4.78 is 5.20. The molecule has 0 saturated heterocycles. The molecule has 7 heteroatoms. The first-order valence-corrected chi connectivity index (χ1v) is 6.68. The molecule has 2 aromatic carbocycles. The number of nitrogens with zero attached hydrogens (tertiary/aromatic N) is 3. The van der Waals surface area contributed by atoms with E-state index in [-0.39, 0.29) is 17.7 Å². The summed E-state index contributed by atoms with van der Waals surface area (Å²) in [6, 6.07) is 11.9. The second kappa shape index (κ2) is 7.11. The Bertz CT molecular complexity index is 796. The van der Waals surface area contributed by atoms with Gasteiger partial charge in [-0.1, -0.05) is 30.3 Å². The molecule has 116 valence electrons. The van der Waals surface area contributed by atoms with E-state index in [1.807, 2.05) is 30.3 Å². The molecule has 0 heterocycles. The molecule has 0 aliphatic heterocycles. The number of hydrogen-bond acceptors (Lipinski definition) is 4. The number of benzene rings is 2. The van der Waals surface area contributed by atoms with Crippen LogP contribution in [0.4, 0.5) is 5.69 Å². The fourth-order valence-electron chi connectivity index (χ4n) is 2.31. The number of nitro benzene ring substituents is 1. The van der Waals surface area contributed by atoms with E-state index < -0.39 is 10.7 Å². The highest BCUT2D eigenvalue weighted by molar-refractivity contribution is 6.34. The Labute approximate surface area is 131 Å². The van der Waals surface area contributed by atoms with Crippen LogP contribution in [0.15, 0.2) is 42.5 Å². The van der Waals surface area contributed by atoms with Crippen LogP contribution in [-0.4, -0.2) is 28.8 Å². The zero-order valence-corrected chi connectivity index (χ0v) is 12.3. The molecule has 0 radical (unpaired) electrons. The van der Waals surface area contributed by atoms with Crippen LogP contribution in [0, 0.1) is 10.1 Å². The van der Waals surface area contributed by atoms with Crippen molar-refractivity contribution in [3.8, 4) is 5.75 Å². The highest BCUT2D eigenvalue weighted by atomic mass is 16.6. The number of carbonyl (C=O) groups is 1. The minimum Gasteiger partial charge on any atom is -0.496 e. The number of methoxy groups -OCH3 is 1. The van der Waals surface area contributed by atoms with Gasteiger partial charge >= 0.3 is 6.21 Å². The Balaban J connectivity index is 2.65. The monoisotopic (exact) mass is 311 g/mol. The Morgan fingerprint density at radius 1 is 1.30 bits per heavy atom. The van der Waals surface area contributed by atoms with Gasteiger partial charge in [0.15, 0.2) is 0 Å². The van der Waals surface area contributed by atoms with Gasteiger partial charge in [0.05, 0.1) is 17.6 Å². The van der Waals surface area contributed by atoms with Crippen molar-refractivity contribution in [1.29, 1.82) is 0 Å². The summed E-state index contributed by atoms with van der Waals surface area (Å²) in [6.45, 7) is 0. The van der Waals surface area contributed by atoms with E-state index in [4.69, 9.17) is 10.3 Å². The molecule has 0 aliphatic carbocycles. The van der Waals surface area contributed by atoms with E-state index in [0.717, 1.165) is 5.56 Å². The van der Waals surface area contributed by atoms with Crippen LogP contribution in [0.5, 0.6) is 5.75 Å². The highest BCUT2D eigenvalue weighted by Gasteiger charge is 2.28. The predicted octanol–water partition coefficient (Wildman–Crippen LogP) is 2.68. The number of ketones is 1. The predicted molar refractivity (Wildman–Crippen MR) is 82.9 cm³/mol. The van der Waals surface area contributed by atoms with E-state index in [2.05, 4.69) is 4.79 Å². The average molecular weight is 311 g/mol. The minimum absolute atomic E-state index is 0.153. The van der Waals surface area contributed by atoms with E-state index >= 15 is 0 Å². The van der Waals surface area contributed by atoms with Gasteiger partial charge in [-0.05, 0) is 17.7 Å². The van der Waals surface area contributed by atoms with Gasteiger partial charge in [-0.2, -0.15) is 4.79 Å². The van der Waals surface area contributed by atoms with Crippen molar-refractivity contribution in [2.24, 2.45) is 0 Å². The molecular weight excluding hydrogens is 298 g/mol. The molecule has 23 heavy (non-hydrogen) atoms. The molecule has 2 aromatic rings. The van der Waals surface area contributed by atoms with Gasteiger partial charge in [-0.15, -0.1) is 0 Å². The second-order valence-electron chi connectivity index (χ2n) is 4.67. The first-order chi connectivity index (χ1) is 11.1. The molecule has 0 aliphatic rings. The lowest BCUT2D eigenvalue weighted by atomic mass is 9.97. The zero-order chi connectivity index (χ0) is 16.8. The Kier molecular flexibility index (Phi) is 4.96. The maximum atomic E-state index is 11.9. The number of Topliss-reactive ketones (excluding diaryl/α,β-unsaturated/α-hetero) is 1. The summed E-state index contributed by atoms with van der Waals surface area (Å²) in [5.74, 6) is -0.436. The second-order valence-corrected chi connectivity index (χ2v) is 4.67. The van der Waals surface area contributed by atoms with Gasteiger partial charge < -0.3 is 10.3 Å². The SMILES string of the molecule is COc1ccc(C(=O)C=[N+]=[N-])c([N+](=O)[O-])c1Cc1ccccc1. The number of carbonyl (C=O) groups excluding carboxylic acids is 1. The summed E-state index contributed by atoms with van der Waals surface area (Å²) in [5.41, 5.74) is 9.12. The molecule has 0 atom stereocenters. The van der Waals surface area contributed by atoms with Gasteiger partial charge in [0.1, 0.15) is 11.3 Å². The molecule has 0 amide bonds. The van der Waals surface area contributed by atoms with Gasteiger partial charge in [0.25, 0.3) is 11.5 Å². The summed E-state index contributed by atoms with van der Waals surface area (Å²) in [4.78, 5) is 25.4. The number of rotatable bonds is 6. The van der Waals surface area contributed by atoms with Crippen molar-refractivity contribution in [1.82, 2.24) is 0 Å². The molecule has 0 saturated carbocycles. The lowest BCUT2D eigenvalue weighted by Gasteiger charge is -2.11. The lowest BCUT2D eigenvalue weighted by Crippen LogP contribution is -2.09. The first kappa shape index (κ1) is 16.1. The van der Waals surface area contributed by atoms with Crippen LogP contribution in [-0.2, 0) is 6.42 Å². The Hall–Kier alpha value is -3.31. The van der Waals surface area contributed by atoms with Crippen LogP contribution in [0.2, 0.25) is 0 Å². The third kappa shape index (κ3) is 3.48. The van der Waals surface area contributed by atoms with Crippen molar-refractivity contribution in [3.63, 3.8) is 0 Å². The average Bonchev–Trinajstić information content (AvgIpc) is 2.55. The highest BCUT2D eigenvalue weighted by Crippen LogP contribution is 2.34. The number of ether oxygens (including phenoxy) is 1.